The Morgan fingerprint density at radius 3 is 2.56 bits per heavy atom. The van der Waals surface area contributed by atoms with Gasteiger partial charge in [-0.15, -0.1) is 0 Å². The Balaban J connectivity index is 1.62. The van der Waals surface area contributed by atoms with E-state index in [1.54, 1.807) is 38.3 Å². The van der Waals surface area contributed by atoms with Crippen LogP contribution >= 0.6 is 0 Å². The van der Waals surface area contributed by atoms with E-state index in [4.69, 9.17) is 9.47 Å². The molecule has 0 aromatic heterocycles. The second-order valence-corrected chi connectivity index (χ2v) is 10.0. The molecule has 186 valence electrons. The summed E-state index contributed by atoms with van der Waals surface area (Å²) in [6.45, 7) is 5.60. The monoisotopic (exact) mass is 489 g/mol. The second-order valence-electron chi connectivity index (χ2n) is 8.15. The average Bonchev–Trinajstić information content (AvgIpc) is 2.86. The zero-order valence-corrected chi connectivity index (χ0v) is 21.0. The van der Waals surface area contributed by atoms with Gasteiger partial charge in [0, 0.05) is 26.2 Å². The van der Waals surface area contributed by atoms with Crippen molar-refractivity contribution in [1.29, 1.82) is 0 Å². The molecule has 9 heteroatoms. The minimum absolute atomic E-state index is 0.112. The van der Waals surface area contributed by atoms with Crippen LogP contribution < -0.4 is 19.1 Å². The van der Waals surface area contributed by atoms with Crippen LogP contribution in [-0.2, 0) is 21.4 Å². The Labute approximate surface area is 203 Å². The predicted molar refractivity (Wildman–Crippen MR) is 134 cm³/mol. The lowest BCUT2D eigenvalue weighted by Gasteiger charge is -2.35. The van der Waals surface area contributed by atoms with Crippen molar-refractivity contribution < 1.29 is 22.7 Å². The summed E-state index contributed by atoms with van der Waals surface area (Å²) in [5.41, 5.74) is 1.60. The third-order valence-electron chi connectivity index (χ3n) is 5.97. The molecule has 1 aliphatic rings. The minimum Gasteiger partial charge on any atom is -0.496 e. The number of ether oxygens (including phenoxy) is 2. The van der Waals surface area contributed by atoms with Crippen LogP contribution in [0.25, 0.3) is 0 Å². The summed E-state index contributed by atoms with van der Waals surface area (Å²) in [7, 11) is -2.14. The quantitative estimate of drug-likeness (QED) is 0.524. The van der Waals surface area contributed by atoms with E-state index < -0.39 is 10.2 Å². The molecule has 34 heavy (non-hydrogen) atoms. The summed E-state index contributed by atoms with van der Waals surface area (Å²) in [5, 5.41) is 2.97. The Kier molecular flexibility index (Phi) is 9.18. The van der Waals surface area contributed by atoms with E-state index in [2.05, 4.69) is 5.32 Å². The third-order valence-corrected chi connectivity index (χ3v) is 7.98. The normalized spacial score (nSPS) is 16.6. The largest absolute Gasteiger partial charge is 0.496 e. The highest BCUT2D eigenvalue weighted by atomic mass is 32.2. The Morgan fingerprint density at radius 2 is 1.88 bits per heavy atom. The van der Waals surface area contributed by atoms with Crippen molar-refractivity contribution in [3.05, 3.63) is 54.1 Å². The van der Waals surface area contributed by atoms with Crippen molar-refractivity contribution in [2.75, 3.05) is 44.2 Å². The summed E-state index contributed by atoms with van der Waals surface area (Å²) in [4.78, 5) is 12.8. The molecule has 2 aromatic carbocycles. The molecule has 1 saturated heterocycles. The lowest BCUT2D eigenvalue weighted by atomic mass is 9.98. The molecule has 1 atom stereocenters. The number of amides is 1. The number of hydrogen-bond acceptors (Lipinski definition) is 5. The van der Waals surface area contributed by atoms with Gasteiger partial charge in [0.25, 0.3) is 0 Å². The van der Waals surface area contributed by atoms with E-state index in [0.717, 1.165) is 11.3 Å². The molecule has 1 fully saturated rings. The maximum atomic E-state index is 13.4. The lowest BCUT2D eigenvalue weighted by Crippen LogP contribution is -2.50. The molecular weight excluding hydrogens is 454 g/mol. The number of piperidine rings is 1. The molecule has 0 unspecified atom stereocenters. The number of rotatable bonds is 11. The van der Waals surface area contributed by atoms with Gasteiger partial charge in [-0.05, 0) is 69.0 Å². The highest BCUT2D eigenvalue weighted by Gasteiger charge is 2.35. The maximum Gasteiger partial charge on any atom is 0.304 e. The zero-order valence-electron chi connectivity index (χ0n) is 20.2. The van der Waals surface area contributed by atoms with Crippen molar-refractivity contribution in [1.82, 2.24) is 9.62 Å². The SMILES string of the molecule is CCOc1ccc(N(CC)S(=O)(=O)N2CCC[C@@H](C(=O)NCCc3ccccc3OC)C2)cc1. The molecule has 1 N–H and O–H groups in total. The van der Waals surface area contributed by atoms with Gasteiger partial charge >= 0.3 is 10.2 Å². The maximum absolute atomic E-state index is 13.4. The predicted octanol–water partition coefficient (Wildman–Crippen LogP) is 3.24. The van der Waals surface area contributed by atoms with Crippen molar-refractivity contribution >= 4 is 21.8 Å². The van der Waals surface area contributed by atoms with Crippen LogP contribution in [0.2, 0.25) is 0 Å². The van der Waals surface area contributed by atoms with Crippen LogP contribution in [0.15, 0.2) is 48.5 Å². The fourth-order valence-corrected chi connectivity index (χ4v) is 5.96. The first-order valence-corrected chi connectivity index (χ1v) is 13.2. The Morgan fingerprint density at radius 1 is 1.15 bits per heavy atom. The summed E-state index contributed by atoms with van der Waals surface area (Å²) >= 11 is 0. The number of carbonyl (C=O) groups excluding carboxylic acids is 1. The molecule has 0 radical (unpaired) electrons. The highest BCUT2D eigenvalue weighted by molar-refractivity contribution is 7.90. The number of benzene rings is 2. The van der Waals surface area contributed by atoms with Gasteiger partial charge in [0.15, 0.2) is 0 Å². The number of nitrogens with zero attached hydrogens (tertiary/aromatic N) is 2. The lowest BCUT2D eigenvalue weighted by molar-refractivity contribution is -0.126. The molecule has 0 aliphatic carbocycles. The average molecular weight is 490 g/mol. The summed E-state index contributed by atoms with van der Waals surface area (Å²) in [6.07, 6.45) is 1.96. The van der Waals surface area contributed by atoms with Crippen molar-refractivity contribution in [2.45, 2.75) is 33.1 Å². The number of carbonyl (C=O) groups is 1. The third kappa shape index (κ3) is 6.21. The van der Waals surface area contributed by atoms with Gasteiger partial charge in [-0.25, -0.2) is 0 Å². The number of nitrogens with one attached hydrogen (secondary N) is 1. The molecule has 2 aromatic rings. The molecule has 1 amide bonds. The molecule has 0 spiro atoms. The molecule has 8 nitrogen and oxygen atoms in total. The van der Waals surface area contributed by atoms with Crippen LogP contribution in [0.1, 0.15) is 32.3 Å². The molecule has 0 bridgehead atoms. The first-order chi connectivity index (χ1) is 16.4. The molecule has 3 rings (SSSR count). The van der Waals surface area contributed by atoms with Crippen LogP contribution in [0, 0.1) is 5.92 Å². The minimum atomic E-state index is -3.76. The number of hydrogen-bond donors (Lipinski definition) is 1. The van der Waals surface area contributed by atoms with Crippen LogP contribution in [0.4, 0.5) is 5.69 Å². The summed E-state index contributed by atoms with van der Waals surface area (Å²) in [6, 6.07) is 14.7. The molecule has 1 aliphatic heterocycles. The Bertz CT molecular complexity index is 1040. The van der Waals surface area contributed by atoms with Crippen LogP contribution in [0.5, 0.6) is 11.5 Å². The fraction of sp³-hybridized carbons (Fsp3) is 0.480. The van der Waals surface area contributed by atoms with Gasteiger partial charge in [0.1, 0.15) is 11.5 Å². The number of para-hydroxylation sites is 1. The summed E-state index contributed by atoms with van der Waals surface area (Å²) in [5.74, 6) is 1.00. The van der Waals surface area contributed by atoms with Gasteiger partial charge in [-0.2, -0.15) is 12.7 Å². The molecule has 0 saturated carbocycles. The first kappa shape index (κ1) is 25.8. The van der Waals surface area contributed by atoms with Gasteiger partial charge in [0.05, 0.1) is 25.3 Å². The van der Waals surface area contributed by atoms with Gasteiger partial charge < -0.3 is 14.8 Å². The number of methoxy groups -OCH3 is 1. The van der Waals surface area contributed by atoms with Crippen molar-refractivity contribution in [3.8, 4) is 11.5 Å². The van der Waals surface area contributed by atoms with Crippen LogP contribution in [0.3, 0.4) is 0 Å². The molecule has 1 heterocycles. The van der Waals surface area contributed by atoms with Gasteiger partial charge in [0.2, 0.25) is 5.91 Å². The van der Waals surface area contributed by atoms with Gasteiger partial charge in [-0.3, -0.25) is 9.10 Å². The van der Waals surface area contributed by atoms with Crippen molar-refractivity contribution in [3.63, 3.8) is 0 Å². The Hall–Kier alpha value is -2.78. The highest BCUT2D eigenvalue weighted by Crippen LogP contribution is 2.27. The van der Waals surface area contributed by atoms with E-state index in [0.29, 0.717) is 56.9 Å². The van der Waals surface area contributed by atoms with Gasteiger partial charge in [-0.1, -0.05) is 18.2 Å². The van der Waals surface area contributed by atoms with E-state index in [1.165, 1.54) is 8.61 Å². The van der Waals surface area contributed by atoms with E-state index in [1.807, 2.05) is 31.2 Å². The smallest absolute Gasteiger partial charge is 0.304 e. The topological polar surface area (TPSA) is 88.2 Å². The fourth-order valence-electron chi connectivity index (χ4n) is 4.23. The second kappa shape index (κ2) is 12.1. The van der Waals surface area contributed by atoms with E-state index in [9.17, 15) is 13.2 Å². The van der Waals surface area contributed by atoms with E-state index >= 15 is 0 Å². The van der Waals surface area contributed by atoms with E-state index in [-0.39, 0.29) is 18.4 Å². The van der Waals surface area contributed by atoms with Crippen LogP contribution in [-0.4, -0.2) is 58.5 Å². The molecular formula is C25H35N3O5S. The number of anilines is 1. The van der Waals surface area contributed by atoms with Crippen molar-refractivity contribution in [2.24, 2.45) is 5.92 Å². The first-order valence-electron chi connectivity index (χ1n) is 11.8. The standard InChI is InChI=1S/C25H35N3O5S/c1-4-28(22-12-14-23(15-13-22)33-5-2)34(30,31)27-18-8-10-21(19-27)25(29)26-17-16-20-9-6-7-11-24(20)32-3/h6-7,9,11-15,21H,4-5,8,10,16-19H2,1-3H3,(H,26,29)/t21-/m1/s1. The zero-order chi connectivity index (χ0) is 24.6. The summed E-state index contributed by atoms with van der Waals surface area (Å²) < 4.78 is 40.5.